The highest BCUT2D eigenvalue weighted by Crippen LogP contribution is 2.26. The Morgan fingerprint density at radius 1 is 1.03 bits per heavy atom. The van der Waals surface area contributed by atoms with Gasteiger partial charge >= 0.3 is 0 Å². The normalized spacial score (nSPS) is 11.9. The van der Waals surface area contributed by atoms with Crippen LogP contribution in [-0.2, 0) is 27.9 Å². The number of aryl methyl sites for hydroxylation is 1. The maximum atomic E-state index is 13.9. The summed E-state index contributed by atoms with van der Waals surface area (Å²) in [6.07, 6.45) is 1.56. The van der Waals surface area contributed by atoms with E-state index in [4.69, 9.17) is 0 Å². The van der Waals surface area contributed by atoms with E-state index in [-0.39, 0.29) is 42.2 Å². The summed E-state index contributed by atoms with van der Waals surface area (Å²) < 4.78 is 42.5. The highest BCUT2D eigenvalue weighted by atomic mass is 32.2. The van der Waals surface area contributed by atoms with Gasteiger partial charge in [0, 0.05) is 29.5 Å². The van der Waals surface area contributed by atoms with Gasteiger partial charge in [-0.1, -0.05) is 44.2 Å². The molecule has 6 nitrogen and oxygen atoms in total. The predicted octanol–water partition coefficient (Wildman–Crippen LogP) is 5.62. The van der Waals surface area contributed by atoms with Gasteiger partial charge in [-0.2, -0.15) is 4.31 Å². The topological polar surface area (TPSA) is 70.6 Å². The van der Waals surface area contributed by atoms with Crippen LogP contribution in [0.1, 0.15) is 29.9 Å². The number of hydrogen-bond acceptors (Lipinski definition) is 5. The Bertz CT molecular complexity index is 1480. The van der Waals surface area contributed by atoms with Crippen LogP contribution >= 0.6 is 11.3 Å². The lowest BCUT2D eigenvalue weighted by Gasteiger charge is -2.28. The molecule has 2 aromatic heterocycles. The van der Waals surface area contributed by atoms with Crippen molar-refractivity contribution in [2.24, 2.45) is 5.92 Å². The van der Waals surface area contributed by atoms with Gasteiger partial charge in [-0.15, -0.1) is 11.3 Å². The first-order chi connectivity index (χ1) is 17.6. The van der Waals surface area contributed by atoms with Gasteiger partial charge < -0.3 is 4.90 Å². The van der Waals surface area contributed by atoms with Gasteiger partial charge in [0.15, 0.2) is 0 Å². The highest BCUT2D eigenvalue weighted by Gasteiger charge is 2.31. The van der Waals surface area contributed by atoms with E-state index >= 15 is 0 Å². The van der Waals surface area contributed by atoms with E-state index in [0.29, 0.717) is 17.4 Å². The Hall–Kier alpha value is -3.14. The molecule has 2 heterocycles. The number of amides is 1. The maximum absolute atomic E-state index is 13.9. The zero-order chi connectivity index (χ0) is 26.6. The highest BCUT2D eigenvalue weighted by molar-refractivity contribution is 7.89. The Kier molecular flexibility index (Phi) is 8.36. The summed E-state index contributed by atoms with van der Waals surface area (Å²) >= 11 is 1.55. The molecule has 0 saturated carbocycles. The van der Waals surface area contributed by atoms with Gasteiger partial charge in [0.2, 0.25) is 15.9 Å². The molecule has 0 N–H and O–H groups in total. The Morgan fingerprint density at radius 2 is 1.76 bits per heavy atom. The zero-order valence-corrected chi connectivity index (χ0v) is 22.7. The second-order valence-corrected chi connectivity index (χ2v) is 12.3. The summed E-state index contributed by atoms with van der Waals surface area (Å²) in [5.41, 5.74) is 2.21. The fourth-order valence-electron chi connectivity index (χ4n) is 4.11. The van der Waals surface area contributed by atoms with E-state index in [2.05, 4.69) is 4.98 Å². The van der Waals surface area contributed by atoms with Crippen LogP contribution in [0, 0.1) is 18.7 Å². The molecule has 37 heavy (non-hydrogen) atoms. The number of nitrogens with zero attached hydrogens (tertiary/aromatic N) is 3. The van der Waals surface area contributed by atoms with Gasteiger partial charge in [-0.25, -0.2) is 12.8 Å². The lowest BCUT2D eigenvalue weighted by atomic mass is 10.2. The van der Waals surface area contributed by atoms with Crippen molar-refractivity contribution in [1.29, 1.82) is 0 Å². The van der Waals surface area contributed by atoms with Crippen molar-refractivity contribution in [3.8, 4) is 0 Å². The summed E-state index contributed by atoms with van der Waals surface area (Å²) in [6.45, 7) is 6.26. The van der Waals surface area contributed by atoms with Crippen molar-refractivity contribution < 1.29 is 17.6 Å². The standard InChI is InChI=1S/C28H30FN3O3S2/c1-20(2)16-32(37(34,35)26-8-4-6-23-7-5-14-30-28(23)26)19-27(33)31(18-25-21(3)13-15-36-25)17-22-9-11-24(29)12-10-22/h4-15,20H,16-19H2,1-3H3. The van der Waals surface area contributed by atoms with Crippen LogP contribution in [0.3, 0.4) is 0 Å². The number of pyridine rings is 1. The summed E-state index contributed by atoms with van der Waals surface area (Å²) in [5, 5.41) is 2.68. The lowest BCUT2D eigenvalue weighted by molar-refractivity contribution is -0.132. The number of rotatable bonds is 10. The first kappa shape index (κ1) is 26.9. The Labute approximate surface area is 221 Å². The van der Waals surface area contributed by atoms with E-state index in [9.17, 15) is 17.6 Å². The van der Waals surface area contributed by atoms with Gasteiger partial charge in [-0.05, 0) is 59.7 Å². The molecular weight excluding hydrogens is 509 g/mol. The average molecular weight is 540 g/mol. The van der Waals surface area contributed by atoms with Crippen molar-refractivity contribution in [2.45, 2.75) is 38.8 Å². The molecule has 0 spiro atoms. The van der Waals surface area contributed by atoms with Crippen molar-refractivity contribution in [1.82, 2.24) is 14.2 Å². The number of thiophene rings is 1. The summed E-state index contributed by atoms with van der Waals surface area (Å²) in [5.74, 6) is -0.682. The molecule has 0 unspecified atom stereocenters. The molecule has 0 saturated heterocycles. The molecule has 0 aliphatic rings. The predicted molar refractivity (Wildman–Crippen MR) is 145 cm³/mol. The number of para-hydroxylation sites is 1. The summed E-state index contributed by atoms with van der Waals surface area (Å²) in [7, 11) is -4.02. The molecule has 4 aromatic rings. The number of benzene rings is 2. The lowest BCUT2D eigenvalue weighted by Crippen LogP contribution is -2.43. The molecule has 0 bridgehead atoms. The molecule has 0 aliphatic carbocycles. The van der Waals surface area contributed by atoms with Crippen molar-refractivity contribution in [2.75, 3.05) is 13.1 Å². The van der Waals surface area contributed by atoms with E-state index < -0.39 is 10.0 Å². The molecule has 4 rings (SSSR count). The number of fused-ring (bicyclic) bond motifs is 1. The largest absolute Gasteiger partial charge is 0.332 e. The van der Waals surface area contributed by atoms with Crippen LogP contribution in [0.15, 0.2) is 77.1 Å². The van der Waals surface area contributed by atoms with Crippen LogP contribution in [0.4, 0.5) is 4.39 Å². The number of aromatic nitrogens is 1. The Morgan fingerprint density at radius 3 is 2.43 bits per heavy atom. The minimum absolute atomic E-state index is 0.00407. The summed E-state index contributed by atoms with van der Waals surface area (Å²) in [6, 6.07) is 16.6. The molecule has 0 atom stereocenters. The Balaban J connectivity index is 1.67. The molecular formula is C28H30FN3O3S2. The van der Waals surface area contributed by atoms with E-state index in [1.54, 1.807) is 46.7 Å². The third kappa shape index (κ3) is 6.41. The minimum atomic E-state index is -4.02. The fraction of sp³-hybridized carbons (Fsp3) is 0.286. The molecule has 9 heteroatoms. The van der Waals surface area contributed by atoms with Gasteiger partial charge in [0.05, 0.1) is 18.6 Å². The number of carbonyl (C=O) groups is 1. The first-order valence-corrected chi connectivity index (χ1v) is 14.4. The van der Waals surface area contributed by atoms with E-state index in [0.717, 1.165) is 16.0 Å². The number of hydrogen-bond donors (Lipinski definition) is 0. The number of sulfonamides is 1. The number of halogens is 1. The van der Waals surface area contributed by atoms with Crippen molar-refractivity contribution in [3.05, 3.63) is 94.1 Å². The van der Waals surface area contributed by atoms with E-state index in [1.807, 2.05) is 44.4 Å². The fourth-order valence-corrected chi connectivity index (χ4v) is 6.75. The van der Waals surface area contributed by atoms with Crippen LogP contribution in [0.2, 0.25) is 0 Å². The summed E-state index contributed by atoms with van der Waals surface area (Å²) in [4.78, 5) is 20.8. The zero-order valence-electron chi connectivity index (χ0n) is 21.1. The monoisotopic (exact) mass is 539 g/mol. The molecule has 0 fully saturated rings. The maximum Gasteiger partial charge on any atom is 0.245 e. The van der Waals surface area contributed by atoms with Gasteiger partial charge in [-0.3, -0.25) is 9.78 Å². The molecule has 0 radical (unpaired) electrons. The van der Waals surface area contributed by atoms with Crippen LogP contribution in [-0.4, -0.2) is 41.6 Å². The van der Waals surface area contributed by atoms with Crippen LogP contribution < -0.4 is 0 Å². The smallest absolute Gasteiger partial charge is 0.245 e. The SMILES string of the molecule is Cc1ccsc1CN(Cc1ccc(F)cc1)C(=O)CN(CC(C)C)S(=O)(=O)c1cccc2cccnc12. The van der Waals surface area contributed by atoms with E-state index in [1.165, 1.54) is 22.5 Å². The number of carbonyl (C=O) groups excluding carboxylic acids is 1. The molecule has 194 valence electrons. The van der Waals surface area contributed by atoms with Gasteiger partial charge in [0.25, 0.3) is 0 Å². The van der Waals surface area contributed by atoms with Crippen molar-refractivity contribution >= 4 is 38.2 Å². The minimum Gasteiger partial charge on any atom is -0.332 e. The third-order valence-electron chi connectivity index (χ3n) is 6.04. The quantitative estimate of drug-likeness (QED) is 0.262. The van der Waals surface area contributed by atoms with Crippen molar-refractivity contribution in [3.63, 3.8) is 0 Å². The van der Waals surface area contributed by atoms with Gasteiger partial charge in [0.1, 0.15) is 10.7 Å². The molecule has 2 aromatic carbocycles. The average Bonchev–Trinajstić information content (AvgIpc) is 3.28. The first-order valence-electron chi connectivity index (χ1n) is 12.0. The second-order valence-electron chi connectivity index (χ2n) is 9.43. The second kappa shape index (κ2) is 11.5. The molecule has 0 aliphatic heterocycles. The molecule has 1 amide bonds. The van der Waals surface area contributed by atoms with Crippen LogP contribution in [0.5, 0.6) is 0 Å². The van der Waals surface area contributed by atoms with Crippen LogP contribution in [0.25, 0.3) is 10.9 Å². The third-order valence-corrected chi connectivity index (χ3v) is 8.89.